The summed E-state index contributed by atoms with van der Waals surface area (Å²) >= 11 is 0. The highest BCUT2D eigenvalue weighted by Crippen LogP contribution is 2.10. The topological polar surface area (TPSA) is 95.9 Å². The van der Waals surface area contributed by atoms with Gasteiger partial charge in [0.1, 0.15) is 0 Å². The summed E-state index contributed by atoms with van der Waals surface area (Å²) in [5, 5.41) is 18.2. The van der Waals surface area contributed by atoms with E-state index < -0.39 is 28.8 Å². The van der Waals surface area contributed by atoms with Crippen molar-refractivity contribution in [3.63, 3.8) is 0 Å². The molecule has 98 valence electrons. The molecule has 0 radical (unpaired) electrons. The molecule has 0 aliphatic carbocycles. The molecule has 0 fully saturated rings. The summed E-state index contributed by atoms with van der Waals surface area (Å²) in [6.07, 6.45) is 0.313. The number of aliphatic hydroxyl groups excluding tert-OH is 2. The number of hydrogen-bond donors (Lipinski definition) is 3. The molecule has 0 spiro atoms. The standard InChI is InChI=1S/C9H21NO5S/c1-3-9(7-11,8-12)10-16(13,14)6-5-15-4-2/h10-12H,3-8H2,1-2H3. The summed E-state index contributed by atoms with van der Waals surface area (Å²) in [4.78, 5) is 0. The van der Waals surface area contributed by atoms with Gasteiger partial charge in [0.05, 0.1) is 31.1 Å². The van der Waals surface area contributed by atoms with E-state index in [9.17, 15) is 8.42 Å². The van der Waals surface area contributed by atoms with Crippen LogP contribution in [0, 0.1) is 0 Å². The van der Waals surface area contributed by atoms with Crippen LogP contribution in [-0.2, 0) is 14.8 Å². The predicted octanol–water partition coefficient (Wildman–Crippen LogP) is -0.924. The number of aliphatic hydroxyl groups is 2. The fraction of sp³-hybridized carbons (Fsp3) is 1.00. The largest absolute Gasteiger partial charge is 0.394 e. The van der Waals surface area contributed by atoms with Crippen LogP contribution in [0.5, 0.6) is 0 Å². The van der Waals surface area contributed by atoms with E-state index in [4.69, 9.17) is 14.9 Å². The molecule has 0 aromatic heterocycles. The fourth-order valence-electron chi connectivity index (χ4n) is 1.10. The van der Waals surface area contributed by atoms with Gasteiger partial charge in [-0.15, -0.1) is 0 Å². The highest BCUT2D eigenvalue weighted by Gasteiger charge is 2.31. The number of ether oxygens (including phenoxy) is 1. The maximum Gasteiger partial charge on any atom is 0.214 e. The molecule has 0 aliphatic rings. The molecule has 0 aromatic rings. The van der Waals surface area contributed by atoms with E-state index in [0.29, 0.717) is 13.0 Å². The van der Waals surface area contributed by atoms with Crippen molar-refractivity contribution in [2.45, 2.75) is 25.8 Å². The number of nitrogens with one attached hydrogen (secondary N) is 1. The highest BCUT2D eigenvalue weighted by molar-refractivity contribution is 7.89. The normalized spacial score (nSPS) is 13.0. The van der Waals surface area contributed by atoms with Crippen molar-refractivity contribution in [1.29, 1.82) is 0 Å². The Morgan fingerprint density at radius 2 is 1.81 bits per heavy atom. The van der Waals surface area contributed by atoms with Gasteiger partial charge in [-0.05, 0) is 13.3 Å². The summed E-state index contributed by atoms with van der Waals surface area (Å²) in [5.41, 5.74) is -1.18. The molecule has 0 unspecified atom stereocenters. The molecule has 0 saturated carbocycles. The molecule has 0 aromatic carbocycles. The van der Waals surface area contributed by atoms with E-state index in [0.717, 1.165) is 0 Å². The number of rotatable bonds is 9. The van der Waals surface area contributed by atoms with Crippen molar-refractivity contribution in [3.05, 3.63) is 0 Å². The number of hydrogen-bond acceptors (Lipinski definition) is 5. The fourth-order valence-corrected chi connectivity index (χ4v) is 2.48. The smallest absolute Gasteiger partial charge is 0.214 e. The first kappa shape index (κ1) is 15.8. The Morgan fingerprint density at radius 1 is 1.25 bits per heavy atom. The molecular weight excluding hydrogens is 234 g/mol. The molecule has 6 nitrogen and oxygen atoms in total. The lowest BCUT2D eigenvalue weighted by atomic mass is 10.0. The third-order valence-electron chi connectivity index (χ3n) is 2.35. The maximum atomic E-state index is 11.6. The molecule has 0 amide bonds. The van der Waals surface area contributed by atoms with Gasteiger partial charge in [0.15, 0.2) is 0 Å². The molecule has 7 heteroatoms. The zero-order valence-electron chi connectivity index (χ0n) is 9.77. The Hall–Kier alpha value is -0.210. The third-order valence-corrected chi connectivity index (χ3v) is 3.80. The van der Waals surface area contributed by atoms with Crippen molar-refractivity contribution in [1.82, 2.24) is 4.72 Å². The first-order valence-corrected chi connectivity index (χ1v) is 6.91. The monoisotopic (exact) mass is 255 g/mol. The van der Waals surface area contributed by atoms with Crippen LogP contribution in [0.1, 0.15) is 20.3 Å². The van der Waals surface area contributed by atoms with E-state index in [1.807, 2.05) is 0 Å². The van der Waals surface area contributed by atoms with Gasteiger partial charge in [0.25, 0.3) is 0 Å². The second-order valence-electron chi connectivity index (χ2n) is 3.57. The molecular formula is C9H21NO5S. The van der Waals surface area contributed by atoms with Crippen LogP contribution in [0.4, 0.5) is 0 Å². The van der Waals surface area contributed by atoms with Gasteiger partial charge in [0, 0.05) is 6.61 Å². The van der Waals surface area contributed by atoms with Gasteiger partial charge >= 0.3 is 0 Å². The van der Waals surface area contributed by atoms with Crippen LogP contribution in [0.2, 0.25) is 0 Å². The van der Waals surface area contributed by atoms with Crippen LogP contribution in [-0.4, -0.2) is 56.4 Å². The van der Waals surface area contributed by atoms with Crippen LogP contribution >= 0.6 is 0 Å². The molecule has 3 N–H and O–H groups in total. The Bertz CT molecular complexity index is 265. The first-order chi connectivity index (χ1) is 7.45. The summed E-state index contributed by atoms with van der Waals surface area (Å²) < 4.78 is 30.4. The molecule has 0 aliphatic heterocycles. The minimum atomic E-state index is -3.54. The molecule has 0 atom stereocenters. The van der Waals surface area contributed by atoms with Gasteiger partial charge in [0.2, 0.25) is 10.0 Å². The SMILES string of the molecule is CCOCCS(=O)(=O)NC(CC)(CO)CO. The predicted molar refractivity (Wildman–Crippen MR) is 60.6 cm³/mol. The minimum Gasteiger partial charge on any atom is -0.394 e. The van der Waals surface area contributed by atoms with Gasteiger partial charge in [-0.2, -0.15) is 0 Å². The summed E-state index contributed by atoms with van der Waals surface area (Å²) in [6, 6.07) is 0. The maximum absolute atomic E-state index is 11.6. The van der Waals surface area contributed by atoms with Crippen molar-refractivity contribution < 1.29 is 23.4 Å². The third kappa shape index (κ3) is 5.22. The van der Waals surface area contributed by atoms with Crippen molar-refractivity contribution >= 4 is 10.0 Å². The average molecular weight is 255 g/mol. The Kier molecular flexibility index (Phi) is 7.09. The van der Waals surface area contributed by atoms with Gasteiger partial charge < -0.3 is 14.9 Å². The van der Waals surface area contributed by atoms with E-state index >= 15 is 0 Å². The zero-order chi connectivity index (χ0) is 12.7. The second kappa shape index (κ2) is 7.18. The Morgan fingerprint density at radius 3 is 2.19 bits per heavy atom. The van der Waals surface area contributed by atoms with Crippen molar-refractivity contribution in [2.24, 2.45) is 0 Å². The van der Waals surface area contributed by atoms with Crippen LogP contribution < -0.4 is 4.72 Å². The summed E-state index contributed by atoms with van der Waals surface area (Å²) in [7, 11) is -3.54. The van der Waals surface area contributed by atoms with Crippen LogP contribution in [0.25, 0.3) is 0 Å². The lowest BCUT2D eigenvalue weighted by Crippen LogP contribution is -2.54. The lowest BCUT2D eigenvalue weighted by molar-refractivity contribution is 0.105. The number of sulfonamides is 1. The molecule has 0 heterocycles. The zero-order valence-corrected chi connectivity index (χ0v) is 10.6. The molecule has 0 rings (SSSR count). The lowest BCUT2D eigenvalue weighted by Gasteiger charge is -2.29. The van der Waals surface area contributed by atoms with Gasteiger partial charge in [-0.1, -0.05) is 6.92 Å². The average Bonchev–Trinajstić information content (AvgIpc) is 2.26. The summed E-state index contributed by atoms with van der Waals surface area (Å²) in [6.45, 7) is 3.15. The van der Waals surface area contributed by atoms with Crippen molar-refractivity contribution in [3.8, 4) is 0 Å². The summed E-state index contributed by atoms with van der Waals surface area (Å²) in [5.74, 6) is -0.178. The van der Waals surface area contributed by atoms with E-state index in [1.165, 1.54) is 0 Å². The Balaban J connectivity index is 4.42. The van der Waals surface area contributed by atoms with Crippen molar-refractivity contribution in [2.75, 3.05) is 32.2 Å². The van der Waals surface area contributed by atoms with Crippen LogP contribution in [0.15, 0.2) is 0 Å². The van der Waals surface area contributed by atoms with Crippen LogP contribution in [0.3, 0.4) is 0 Å². The van der Waals surface area contributed by atoms with E-state index in [1.54, 1.807) is 13.8 Å². The molecule has 0 bridgehead atoms. The highest BCUT2D eigenvalue weighted by atomic mass is 32.2. The molecule has 16 heavy (non-hydrogen) atoms. The van der Waals surface area contributed by atoms with Gasteiger partial charge in [-0.3, -0.25) is 0 Å². The first-order valence-electron chi connectivity index (χ1n) is 5.26. The quantitative estimate of drug-likeness (QED) is 0.463. The second-order valence-corrected chi connectivity index (χ2v) is 5.41. The van der Waals surface area contributed by atoms with E-state index in [-0.39, 0.29) is 12.4 Å². The molecule has 0 saturated heterocycles. The van der Waals surface area contributed by atoms with Gasteiger partial charge in [-0.25, -0.2) is 13.1 Å². The van der Waals surface area contributed by atoms with E-state index in [2.05, 4.69) is 4.72 Å². The Labute approximate surface area is 96.7 Å². The minimum absolute atomic E-state index is 0.0997.